The summed E-state index contributed by atoms with van der Waals surface area (Å²) in [6.45, 7) is 6.85. The van der Waals surface area contributed by atoms with Gasteiger partial charge >= 0.3 is 5.97 Å². The summed E-state index contributed by atoms with van der Waals surface area (Å²) in [6.07, 6.45) is 0. The summed E-state index contributed by atoms with van der Waals surface area (Å²) in [4.78, 5) is 13.9. The Balaban J connectivity index is 1.69. The van der Waals surface area contributed by atoms with Crippen molar-refractivity contribution in [3.63, 3.8) is 0 Å². The molecule has 0 bridgehead atoms. The SMILES string of the molecule is COC(=O)c1ccc(CNS(=O)(=O)CC[N+]2(c3ccccc3)C[C@@H](C)N(C)[C@@H](C)C2)cc1. The number of esters is 1. The summed E-state index contributed by atoms with van der Waals surface area (Å²) in [7, 11) is -0.00860. The van der Waals surface area contributed by atoms with Crippen LogP contribution in [-0.2, 0) is 21.3 Å². The van der Waals surface area contributed by atoms with Crippen LogP contribution in [0.2, 0.25) is 0 Å². The second-order valence-electron chi connectivity index (χ2n) is 8.76. The molecule has 0 radical (unpaired) electrons. The molecule has 2 aromatic rings. The lowest BCUT2D eigenvalue weighted by atomic mass is 10.0. The summed E-state index contributed by atoms with van der Waals surface area (Å²) < 4.78 is 33.8. The number of carbonyl (C=O) groups excluding carboxylic acids is 1. The highest BCUT2D eigenvalue weighted by molar-refractivity contribution is 7.89. The quantitative estimate of drug-likeness (QED) is 0.484. The van der Waals surface area contributed by atoms with Gasteiger partial charge in [0.2, 0.25) is 10.0 Å². The zero-order chi connectivity index (χ0) is 23.4. The highest BCUT2D eigenvalue weighted by atomic mass is 32.2. The molecule has 1 aliphatic rings. The van der Waals surface area contributed by atoms with Crippen LogP contribution in [0.15, 0.2) is 54.6 Å². The Kier molecular flexibility index (Phi) is 7.71. The molecule has 1 heterocycles. The lowest BCUT2D eigenvalue weighted by Crippen LogP contribution is -2.67. The van der Waals surface area contributed by atoms with E-state index in [-0.39, 0.29) is 12.3 Å². The third-order valence-electron chi connectivity index (χ3n) is 6.58. The van der Waals surface area contributed by atoms with Crippen molar-refractivity contribution >= 4 is 21.7 Å². The molecule has 1 unspecified atom stereocenters. The summed E-state index contributed by atoms with van der Waals surface area (Å²) in [5.74, 6) is -0.367. The van der Waals surface area contributed by atoms with E-state index in [1.165, 1.54) is 7.11 Å². The number of hydrogen-bond acceptors (Lipinski definition) is 5. The first kappa shape index (κ1) is 24.4. The molecule has 0 aromatic heterocycles. The topological polar surface area (TPSA) is 75.7 Å². The summed E-state index contributed by atoms with van der Waals surface area (Å²) >= 11 is 0. The highest BCUT2D eigenvalue weighted by Crippen LogP contribution is 2.29. The maximum absolute atomic E-state index is 12.9. The van der Waals surface area contributed by atoms with Gasteiger partial charge in [-0.1, -0.05) is 30.3 Å². The Morgan fingerprint density at radius 2 is 1.66 bits per heavy atom. The van der Waals surface area contributed by atoms with E-state index >= 15 is 0 Å². The minimum Gasteiger partial charge on any atom is -0.465 e. The van der Waals surface area contributed by atoms with E-state index in [4.69, 9.17) is 4.74 Å². The largest absolute Gasteiger partial charge is 0.465 e. The monoisotopic (exact) mass is 460 g/mol. The van der Waals surface area contributed by atoms with Crippen LogP contribution >= 0.6 is 0 Å². The van der Waals surface area contributed by atoms with Crippen molar-refractivity contribution in [3.05, 3.63) is 65.7 Å². The Labute approximate surface area is 191 Å². The van der Waals surface area contributed by atoms with Crippen LogP contribution in [0.4, 0.5) is 5.69 Å². The number of hydrogen-bond donors (Lipinski definition) is 1. The number of carbonyl (C=O) groups is 1. The predicted molar refractivity (Wildman–Crippen MR) is 128 cm³/mol. The van der Waals surface area contributed by atoms with Crippen molar-refractivity contribution in [2.75, 3.05) is 39.5 Å². The van der Waals surface area contributed by atoms with Crippen molar-refractivity contribution in [1.82, 2.24) is 14.1 Å². The predicted octanol–water partition coefficient (Wildman–Crippen LogP) is 2.62. The van der Waals surface area contributed by atoms with Crippen molar-refractivity contribution in [3.8, 4) is 0 Å². The average Bonchev–Trinajstić information content (AvgIpc) is 2.80. The number of piperazine rings is 1. The van der Waals surface area contributed by atoms with Crippen molar-refractivity contribution in [2.24, 2.45) is 0 Å². The Morgan fingerprint density at radius 1 is 1.06 bits per heavy atom. The normalized spacial score (nSPS) is 24.2. The number of sulfonamides is 1. The van der Waals surface area contributed by atoms with Gasteiger partial charge in [0.15, 0.2) is 0 Å². The van der Waals surface area contributed by atoms with Gasteiger partial charge in [-0.25, -0.2) is 17.9 Å². The molecule has 174 valence electrons. The first-order valence-electron chi connectivity index (χ1n) is 10.9. The first-order valence-corrected chi connectivity index (χ1v) is 12.6. The van der Waals surface area contributed by atoms with Gasteiger partial charge in [-0.3, -0.25) is 9.38 Å². The molecule has 0 saturated carbocycles. The fraction of sp³-hybridized carbons (Fsp3) is 0.458. The number of rotatable bonds is 8. The lowest BCUT2D eigenvalue weighted by molar-refractivity contribution is 0.0600. The molecule has 1 N–H and O–H groups in total. The molecule has 1 saturated heterocycles. The van der Waals surface area contributed by atoms with Crippen LogP contribution < -0.4 is 9.21 Å². The number of benzene rings is 2. The molecule has 7 nitrogen and oxygen atoms in total. The zero-order valence-electron chi connectivity index (χ0n) is 19.3. The summed E-state index contributed by atoms with van der Waals surface area (Å²) in [5, 5.41) is 0. The Hall–Kier alpha value is -2.26. The molecule has 1 fully saturated rings. The Bertz CT molecular complexity index is 997. The van der Waals surface area contributed by atoms with Crippen LogP contribution in [-0.4, -0.2) is 70.9 Å². The first-order chi connectivity index (χ1) is 15.2. The number of ether oxygens (including phenoxy) is 1. The third-order valence-corrected chi connectivity index (χ3v) is 7.89. The summed E-state index contributed by atoms with van der Waals surface area (Å²) in [5.41, 5.74) is 2.38. The lowest BCUT2D eigenvalue weighted by Gasteiger charge is -2.49. The van der Waals surface area contributed by atoms with Gasteiger partial charge in [0.25, 0.3) is 0 Å². The number of para-hydroxylation sites is 1. The average molecular weight is 461 g/mol. The highest BCUT2D eigenvalue weighted by Gasteiger charge is 2.42. The van der Waals surface area contributed by atoms with E-state index < -0.39 is 16.0 Å². The summed E-state index contributed by atoms with van der Waals surface area (Å²) in [6, 6.07) is 17.7. The van der Waals surface area contributed by atoms with Gasteiger partial charge < -0.3 is 4.74 Å². The number of methoxy groups -OCH3 is 1. The second kappa shape index (κ2) is 10.1. The molecule has 0 aliphatic carbocycles. The molecular formula is C24H34N3O4S+. The van der Waals surface area contributed by atoms with Crippen LogP contribution in [0.25, 0.3) is 0 Å². The molecule has 0 spiro atoms. The zero-order valence-corrected chi connectivity index (χ0v) is 20.1. The molecule has 3 rings (SSSR count). The molecule has 0 amide bonds. The fourth-order valence-electron chi connectivity index (χ4n) is 4.48. The van der Waals surface area contributed by atoms with E-state index in [2.05, 4.69) is 42.6 Å². The number of likely N-dealkylation sites (N-methyl/N-ethyl adjacent to an activating group) is 1. The number of quaternary nitrogens is 1. The standard InChI is InChI=1S/C24H34N3O4S/c1-19-17-27(18-20(2)26(19)3,23-8-6-5-7-9-23)14-15-32(29,30)25-16-21-10-12-22(13-11-21)24(28)31-4/h5-13,19-20,25H,14-18H2,1-4H3/q+1/t19-,20+,27?. The van der Waals surface area contributed by atoms with E-state index in [1.807, 2.05) is 18.2 Å². The smallest absolute Gasteiger partial charge is 0.337 e. The second-order valence-corrected chi connectivity index (χ2v) is 10.7. The van der Waals surface area contributed by atoms with Gasteiger partial charge in [-0.2, -0.15) is 0 Å². The molecule has 2 aromatic carbocycles. The van der Waals surface area contributed by atoms with Gasteiger partial charge in [-0.15, -0.1) is 0 Å². The van der Waals surface area contributed by atoms with E-state index in [1.54, 1.807) is 24.3 Å². The fourth-order valence-corrected chi connectivity index (χ4v) is 5.60. The molecule has 8 heteroatoms. The van der Waals surface area contributed by atoms with Crippen molar-refractivity contribution in [2.45, 2.75) is 32.5 Å². The van der Waals surface area contributed by atoms with Gasteiger partial charge in [0.05, 0.1) is 44.4 Å². The van der Waals surface area contributed by atoms with Crippen LogP contribution in [0.5, 0.6) is 0 Å². The minimum atomic E-state index is -3.48. The molecule has 3 atom stereocenters. The maximum atomic E-state index is 12.9. The minimum absolute atomic E-state index is 0.0469. The van der Waals surface area contributed by atoms with E-state index in [0.29, 0.717) is 28.7 Å². The third kappa shape index (κ3) is 5.75. The van der Waals surface area contributed by atoms with E-state index in [9.17, 15) is 13.2 Å². The van der Waals surface area contributed by atoms with Gasteiger partial charge in [0, 0.05) is 6.54 Å². The maximum Gasteiger partial charge on any atom is 0.337 e. The van der Waals surface area contributed by atoms with Crippen LogP contribution in [0.1, 0.15) is 29.8 Å². The Morgan fingerprint density at radius 3 is 2.22 bits per heavy atom. The molecule has 32 heavy (non-hydrogen) atoms. The molecule has 1 aliphatic heterocycles. The van der Waals surface area contributed by atoms with E-state index in [0.717, 1.165) is 24.3 Å². The number of nitrogens with zero attached hydrogens (tertiary/aromatic N) is 2. The van der Waals surface area contributed by atoms with Crippen LogP contribution in [0.3, 0.4) is 0 Å². The van der Waals surface area contributed by atoms with Crippen molar-refractivity contribution in [1.29, 1.82) is 0 Å². The van der Waals surface area contributed by atoms with Gasteiger partial charge in [-0.05, 0) is 50.7 Å². The molecular weight excluding hydrogens is 426 g/mol. The van der Waals surface area contributed by atoms with Crippen molar-refractivity contribution < 1.29 is 17.9 Å². The van der Waals surface area contributed by atoms with Gasteiger partial charge in [0.1, 0.15) is 11.4 Å². The van der Waals surface area contributed by atoms with Crippen LogP contribution in [0, 0.1) is 0 Å². The number of nitrogens with one attached hydrogen (secondary N) is 1.